The van der Waals surface area contributed by atoms with Crippen molar-refractivity contribution in [3.8, 4) is 5.75 Å². The maximum absolute atomic E-state index is 12.7. The van der Waals surface area contributed by atoms with E-state index in [1.165, 1.54) is 12.1 Å². The van der Waals surface area contributed by atoms with Crippen molar-refractivity contribution in [3.63, 3.8) is 0 Å². The third-order valence-electron chi connectivity index (χ3n) is 5.53. The number of piperazine rings is 1. The highest BCUT2D eigenvalue weighted by molar-refractivity contribution is 5.95. The molecule has 0 bridgehead atoms. The van der Waals surface area contributed by atoms with Gasteiger partial charge in [-0.3, -0.25) is 9.69 Å². The summed E-state index contributed by atoms with van der Waals surface area (Å²) in [6.07, 6.45) is -1.47. The Balaban J connectivity index is 1.26. The minimum Gasteiger partial charge on any atom is -0.482 e. The zero-order valence-electron chi connectivity index (χ0n) is 17.3. The van der Waals surface area contributed by atoms with Gasteiger partial charge in [-0.15, -0.1) is 0 Å². The minimum atomic E-state index is -4.33. The third kappa shape index (κ3) is 5.41. The van der Waals surface area contributed by atoms with Crippen LogP contribution in [0.2, 0.25) is 0 Å². The van der Waals surface area contributed by atoms with Crippen molar-refractivity contribution in [1.82, 2.24) is 4.90 Å². The van der Waals surface area contributed by atoms with Crippen LogP contribution in [0.1, 0.15) is 11.1 Å². The number of aliphatic hydroxyl groups is 1. The number of carbonyl (C=O) groups excluding carboxylic acids is 1. The van der Waals surface area contributed by atoms with Crippen molar-refractivity contribution in [2.24, 2.45) is 0 Å². The number of rotatable bonds is 5. The van der Waals surface area contributed by atoms with Crippen LogP contribution in [0, 0.1) is 0 Å². The predicted molar refractivity (Wildman–Crippen MR) is 116 cm³/mol. The Kier molecular flexibility index (Phi) is 6.38. The van der Waals surface area contributed by atoms with Crippen molar-refractivity contribution in [2.75, 3.05) is 49.5 Å². The summed E-state index contributed by atoms with van der Waals surface area (Å²) in [5, 5.41) is 13.1. The quantitative estimate of drug-likeness (QED) is 0.737. The summed E-state index contributed by atoms with van der Waals surface area (Å²) in [7, 11) is 0. The smallest absolute Gasteiger partial charge is 0.416 e. The molecule has 2 aliphatic heterocycles. The number of amides is 1. The van der Waals surface area contributed by atoms with Crippen LogP contribution in [0.5, 0.6) is 5.75 Å². The van der Waals surface area contributed by atoms with Gasteiger partial charge in [0, 0.05) is 38.4 Å². The van der Waals surface area contributed by atoms with E-state index in [2.05, 4.69) is 10.2 Å². The molecule has 1 atom stereocenters. The Morgan fingerprint density at radius 3 is 2.50 bits per heavy atom. The molecule has 170 valence electrons. The number of anilines is 2. The second-order valence-corrected chi connectivity index (χ2v) is 7.85. The van der Waals surface area contributed by atoms with Crippen molar-refractivity contribution < 1.29 is 27.8 Å². The normalized spacial score (nSPS) is 18.2. The lowest BCUT2D eigenvalue weighted by Gasteiger charge is -2.36. The summed E-state index contributed by atoms with van der Waals surface area (Å²) >= 11 is 0. The van der Waals surface area contributed by atoms with Gasteiger partial charge in [-0.2, -0.15) is 13.2 Å². The zero-order chi connectivity index (χ0) is 22.7. The maximum Gasteiger partial charge on any atom is 0.416 e. The number of benzene rings is 2. The van der Waals surface area contributed by atoms with Crippen LogP contribution in [-0.4, -0.2) is 61.3 Å². The second-order valence-electron chi connectivity index (χ2n) is 7.85. The molecule has 2 heterocycles. The number of aliphatic hydroxyl groups excluding tert-OH is 1. The summed E-state index contributed by atoms with van der Waals surface area (Å²) in [6.45, 7) is 3.22. The number of ether oxygens (including phenoxy) is 1. The number of nitrogens with one attached hydrogen (secondary N) is 1. The highest BCUT2D eigenvalue weighted by Gasteiger charge is 2.30. The molecule has 32 heavy (non-hydrogen) atoms. The van der Waals surface area contributed by atoms with Gasteiger partial charge in [-0.1, -0.05) is 18.2 Å². The lowest BCUT2D eigenvalue weighted by molar-refractivity contribution is -0.137. The fourth-order valence-corrected chi connectivity index (χ4v) is 3.79. The molecular weight excluding hydrogens is 423 g/mol. The topological polar surface area (TPSA) is 65.0 Å². The van der Waals surface area contributed by atoms with Gasteiger partial charge in [-0.25, -0.2) is 0 Å². The molecule has 0 aromatic heterocycles. The van der Waals surface area contributed by atoms with Crippen LogP contribution in [0.15, 0.2) is 48.5 Å². The van der Waals surface area contributed by atoms with E-state index in [4.69, 9.17) is 4.74 Å². The SMILES string of the molecule is O=C1COc2cc(/C=C/[C@@H](O)CN3CCN(c4ccc(C(F)(F)F)cc4)CC3)ccc2N1. The average Bonchev–Trinajstić information content (AvgIpc) is 2.78. The standard InChI is InChI=1S/C23H24F3N3O3/c24-23(25,26)17-3-5-18(6-4-17)29-11-9-28(10-12-29)14-19(30)7-1-16-2-8-20-21(13-16)32-15-22(31)27-20/h1-8,13,19,30H,9-12,14-15H2,(H,27,31)/b7-1+/t19-/m1/s1. The summed E-state index contributed by atoms with van der Waals surface area (Å²) in [4.78, 5) is 15.5. The highest BCUT2D eigenvalue weighted by Crippen LogP contribution is 2.31. The molecule has 9 heteroatoms. The largest absolute Gasteiger partial charge is 0.482 e. The zero-order valence-corrected chi connectivity index (χ0v) is 17.3. The van der Waals surface area contributed by atoms with E-state index in [0.717, 1.165) is 23.4 Å². The fourth-order valence-electron chi connectivity index (χ4n) is 3.79. The van der Waals surface area contributed by atoms with Crippen LogP contribution < -0.4 is 15.0 Å². The van der Waals surface area contributed by atoms with E-state index >= 15 is 0 Å². The molecule has 6 nitrogen and oxygen atoms in total. The number of hydrogen-bond acceptors (Lipinski definition) is 5. The van der Waals surface area contributed by atoms with E-state index < -0.39 is 17.8 Å². The summed E-state index contributed by atoms with van der Waals surface area (Å²) in [5.74, 6) is 0.412. The minimum absolute atomic E-state index is 0.0127. The van der Waals surface area contributed by atoms with Crippen molar-refractivity contribution in [3.05, 3.63) is 59.7 Å². The Morgan fingerprint density at radius 1 is 1.09 bits per heavy atom. The average molecular weight is 447 g/mol. The first-order chi connectivity index (χ1) is 15.3. The molecular formula is C23H24F3N3O3. The lowest BCUT2D eigenvalue weighted by atomic mass is 10.1. The maximum atomic E-state index is 12.7. The Labute approximate surface area is 183 Å². The number of halogens is 3. The number of carbonyl (C=O) groups is 1. The molecule has 2 N–H and O–H groups in total. The number of fused-ring (bicyclic) bond motifs is 1. The van der Waals surface area contributed by atoms with Gasteiger partial charge in [0.1, 0.15) is 5.75 Å². The van der Waals surface area contributed by atoms with Crippen LogP contribution in [0.3, 0.4) is 0 Å². The molecule has 0 radical (unpaired) electrons. The monoisotopic (exact) mass is 447 g/mol. The number of nitrogens with zero attached hydrogens (tertiary/aromatic N) is 2. The second kappa shape index (κ2) is 9.22. The molecule has 4 rings (SSSR count). The number of hydrogen-bond donors (Lipinski definition) is 2. The fraction of sp³-hybridized carbons (Fsp3) is 0.348. The highest BCUT2D eigenvalue weighted by atomic mass is 19.4. The van der Waals surface area contributed by atoms with E-state index in [1.807, 2.05) is 17.0 Å². The molecule has 0 saturated carbocycles. The Bertz CT molecular complexity index is 984. The van der Waals surface area contributed by atoms with E-state index in [-0.39, 0.29) is 12.5 Å². The predicted octanol–water partition coefficient (Wildman–Crippen LogP) is 3.23. The summed E-state index contributed by atoms with van der Waals surface area (Å²) < 4.78 is 43.6. The molecule has 1 saturated heterocycles. The molecule has 0 spiro atoms. The number of alkyl halides is 3. The van der Waals surface area contributed by atoms with E-state index in [9.17, 15) is 23.1 Å². The first kappa shape index (κ1) is 22.2. The van der Waals surface area contributed by atoms with Gasteiger partial charge in [0.2, 0.25) is 0 Å². The van der Waals surface area contributed by atoms with E-state index in [1.54, 1.807) is 18.2 Å². The lowest BCUT2D eigenvalue weighted by Crippen LogP contribution is -2.48. The molecule has 0 aliphatic carbocycles. The van der Waals surface area contributed by atoms with Crippen LogP contribution >= 0.6 is 0 Å². The van der Waals surface area contributed by atoms with Gasteiger partial charge in [0.15, 0.2) is 6.61 Å². The van der Waals surface area contributed by atoms with Crippen molar-refractivity contribution >= 4 is 23.4 Å². The van der Waals surface area contributed by atoms with Crippen molar-refractivity contribution in [1.29, 1.82) is 0 Å². The molecule has 2 aromatic rings. The third-order valence-corrected chi connectivity index (χ3v) is 5.53. The van der Waals surface area contributed by atoms with Gasteiger partial charge < -0.3 is 20.1 Å². The van der Waals surface area contributed by atoms with Crippen LogP contribution in [0.4, 0.5) is 24.5 Å². The van der Waals surface area contributed by atoms with Gasteiger partial charge in [-0.05, 0) is 42.0 Å². The molecule has 1 fully saturated rings. The first-order valence-corrected chi connectivity index (χ1v) is 10.4. The number of β-amino-alcohol motifs (C(OH)–C–C–N with tert-alkyl or cyclic N) is 1. The Hall–Kier alpha value is -3.04. The summed E-state index contributed by atoms with van der Waals surface area (Å²) in [5.41, 5.74) is 1.60. The van der Waals surface area contributed by atoms with Crippen LogP contribution in [0.25, 0.3) is 6.08 Å². The molecule has 0 unspecified atom stereocenters. The van der Waals surface area contributed by atoms with Gasteiger partial charge in [0.05, 0.1) is 17.4 Å². The first-order valence-electron chi connectivity index (χ1n) is 10.4. The van der Waals surface area contributed by atoms with Crippen LogP contribution in [-0.2, 0) is 11.0 Å². The van der Waals surface area contributed by atoms with Gasteiger partial charge >= 0.3 is 6.18 Å². The van der Waals surface area contributed by atoms with E-state index in [0.29, 0.717) is 44.2 Å². The summed E-state index contributed by atoms with van der Waals surface area (Å²) in [6, 6.07) is 10.6. The molecule has 1 amide bonds. The van der Waals surface area contributed by atoms with Crippen molar-refractivity contribution in [2.45, 2.75) is 12.3 Å². The molecule has 2 aromatic carbocycles. The molecule has 2 aliphatic rings. The Morgan fingerprint density at radius 2 is 1.81 bits per heavy atom. The van der Waals surface area contributed by atoms with Gasteiger partial charge in [0.25, 0.3) is 5.91 Å².